The molecule has 158 valence electrons. The van der Waals surface area contributed by atoms with Crippen LogP contribution in [0.2, 0.25) is 0 Å². The number of pyridine rings is 3. The first-order chi connectivity index (χ1) is 15.1. The minimum Gasteiger partial charge on any atom is -0.338 e. The van der Waals surface area contributed by atoms with Gasteiger partial charge in [0.2, 0.25) is 5.43 Å². The van der Waals surface area contributed by atoms with E-state index in [9.17, 15) is 9.59 Å². The molecular formula is C23H24N6O2. The molecule has 4 aromatic heterocycles. The average Bonchev–Trinajstić information content (AvgIpc) is 3.23. The summed E-state index contributed by atoms with van der Waals surface area (Å²) in [5, 5.41) is 9.11. The molecule has 0 N–H and O–H groups in total. The molecule has 1 saturated heterocycles. The molecule has 1 amide bonds. The minimum atomic E-state index is -0.247. The van der Waals surface area contributed by atoms with Gasteiger partial charge < -0.3 is 9.47 Å². The van der Waals surface area contributed by atoms with Gasteiger partial charge in [0.05, 0.1) is 5.39 Å². The Hall–Kier alpha value is -3.55. The molecule has 0 bridgehead atoms. The number of hydrogen-bond donors (Lipinski definition) is 0. The summed E-state index contributed by atoms with van der Waals surface area (Å²) in [7, 11) is 0. The van der Waals surface area contributed by atoms with Gasteiger partial charge in [0.25, 0.3) is 5.91 Å². The summed E-state index contributed by atoms with van der Waals surface area (Å²) in [4.78, 5) is 32.6. The van der Waals surface area contributed by atoms with Crippen LogP contribution >= 0.6 is 0 Å². The van der Waals surface area contributed by atoms with Crippen molar-refractivity contribution in [2.75, 3.05) is 13.1 Å². The van der Waals surface area contributed by atoms with E-state index in [1.165, 1.54) is 0 Å². The smallest absolute Gasteiger partial charge is 0.259 e. The molecule has 0 aromatic carbocycles. The summed E-state index contributed by atoms with van der Waals surface area (Å²) < 4.78 is 3.90. The highest BCUT2D eigenvalue weighted by Crippen LogP contribution is 2.27. The molecule has 0 unspecified atom stereocenters. The van der Waals surface area contributed by atoms with E-state index in [1.54, 1.807) is 17.2 Å². The number of hydrogen-bond acceptors (Lipinski definition) is 5. The van der Waals surface area contributed by atoms with Gasteiger partial charge in [0.15, 0.2) is 5.65 Å². The van der Waals surface area contributed by atoms with Crippen molar-refractivity contribution in [3.63, 3.8) is 0 Å². The topological polar surface area (TPSA) is 85.4 Å². The van der Waals surface area contributed by atoms with E-state index in [0.29, 0.717) is 30.7 Å². The summed E-state index contributed by atoms with van der Waals surface area (Å²) in [6.07, 6.45) is 5.22. The fourth-order valence-corrected chi connectivity index (χ4v) is 4.40. The van der Waals surface area contributed by atoms with Gasteiger partial charge in [-0.25, -0.2) is 4.98 Å². The van der Waals surface area contributed by atoms with Crippen LogP contribution in [0.4, 0.5) is 0 Å². The fraction of sp³-hybridized carbons (Fsp3) is 0.348. The van der Waals surface area contributed by atoms with Gasteiger partial charge in [-0.05, 0) is 51.0 Å². The Morgan fingerprint density at radius 3 is 2.71 bits per heavy atom. The maximum Gasteiger partial charge on any atom is 0.259 e. The molecule has 1 fully saturated rings. The lowest BCUT2D eigenvalue weighted by Gasteiger charge is -2.31. The molecule has 5 rings (SSSR count). The second-order valence-electron chi connectivity index (χ2n) is 8.04. The number of aromatic nitrogens is 5. The van der Waals surface area contributed by atoms with Crippen LogP contribution in [0.3, 0.4) is 0 Å². The fourth-order valence-electron chi connectivity index (χ4n) is 4.40. The number of amides is 1. The molecule has 1 aliphatic heterocycles. The summed E-state index contributed by atoms with van der Waals surface area (Å²) in [6, 6.07) is 9.42. The Bertz CT molecular complexity index is 1350. The van der Waals surface area contributed by atoms with Crippen molar-refractivity contribution in [1.82, 2.24) is 29.0 Å². The largest absolute Gasteiger partial charge is 0.338 e. The zero-order chi connectivity index (χ0) is 21.5. The third kappa shape index (κ3) is 3.28. The predicted molar refractivity (Wildman–Crippen MR) is 117 cm³/mol. The van der Waals surface area contributed by atoms with E-state index < -0.39 is 0 Å². The van der Waals surface area contributed by atoms with Crippen molar-refractivity contribution in [3.8, 4) is 0 Å². The van der Waals surface area contributed by atoms with E-state index >= 15 is 0 Å². The van der Waals surface area contributed by atoms with Crippen LogP contribution in [0.15, 0.2) is 47.5 Å². The molecule has 5 heterocycles. The third-order valence-corrected chi connectivity index (χ3v) is 6.12. The van der Waals surface area contributed by atoms with Crippen LogP contribution in [-0.4, -0.2) is 48.0 Å². The third-order valence-electron chi connectivity index (χ3n) is 6.12. The van der Waals surface area contributed by atoms with Crippen molar-refractivity contribution < 1.29 is 4.79 Å². The van der Waals surface area contributed by atoms with E-state index in [0.717, 1.165) is 30.0 Å². The Labute approximate surface area is 179 Å². The second-order valence-corrected chi connectivity index (χ2v) is 8.04. The van der Waals surface area contributed by atoms with Gasteiger partial charge in [-0.2, -0.15) is 0 Å². The highest BCUT2D eigenvalue weighted by Gasteiger charge is 2.29. The lowest BCUT2D eigenvalue weighted by molar-refractivity contribution is 0.0709. The van der Waals surface area contributed by atoms with Crippen molar-refractivity contribution in [2.24, 2.45) is 0 Å². The van der Waals surface area contributed by atoms with Gasteiger partial charge in [-0.1, -0.05) is 6.07 Å². The second kappa shape index (κ2) is 7.61. The first-order valence-electron chi connectivity index (χ1n) is 10.7. The maximum absolute atomic E-state index is 13.3. The molecule has 8 nitrogen and oxygen atoms in total. The van der Waals surface area contributed by atoms with Gasteiger partial charge in [0, 0.05) is 43.6 Å². The van der Waals surface area contributed by atoms with Gasteiger partial charge >= 0.3 is 0 Å². The van der Waals surface area contributed by atoms with E-state index in [1.807, 2.05) is 53.3 Å². The van der Waals surface area contributed by atoms with E-state index in [2.05, 4.69) is 15.2 Å². The normalized spacial score (nSPS) is 15.1. The number of rotatable bonds is 3. The van der Waals surface area contributed by atoms with Crippen LogP contribution < -0.4 is 5.43 Å². The summed E-state index contributed by atoms with van der Waals surface area (Å²) in [5.41, 5.74) is 2.27. The minimum absolute atomic E-state index is 0.209. The van der Waals surface area contributed by atoms with Gasteiger partial charge in [-0.15, -0.1) is 10.2 Å². The zero-order valence-electron chi connectivity index (χ0n) is 17.7. The van der Waals surface area contributed by atoms with Crippen LogP contribution in [0.1, 0.15) is 47.6 Å². The molecule has 0 saturated carbocycles. The van der Waals surface area contributed by atoms with Crippen molar-refractivity contribution in [1.29, 1.82) is 0 Å². The molecule has 8 heteroatoms. The first kappa shape index (κ1) is 19.4. The van der Waals surface area contributed by atoms with Crippen molar-refractivity contribution in [3.05, 3.63) is 70.0 Å². The molecular weight excluding hydrogens is 392 g/mol. The molecule has 0 aliphatic carbocycles. The van der Waals surface area contributed by atoms with Gasteiger partial charge in [0.1, 0.15) is 17.0 Å². The zero-order valence-corrected chi connectivity index (χ0v) is 17.7. The molecule has 4 aromatic rings. The van der Waals surface area contributed by atoms with Crippen molar-refractivity contribution in [2.45, 2.75) is 39.2 Å². The average molecular weight is 416 g/mol. The predicted octanol–water partition coefficient (Wildman–Crippen LogP) is 2.79. The summed E-state index contributed by atoms with van der Waals surface area (Å²) in [6.45, 7) is 5.68. The number of carbonyl (C=O) groups is 1. The quantitative estimate of drug-likeness (QED) is 0.513. The lowest BCUT2D eigenvalue weighted by atomic mass is 9.95. The molecule has 0 radical (unpaired) electrons. The van der Waals surface area contributed by atoms with E-state index in [4.69, 9.17) is 0 Å². The van der Waals surface area contributed by atoms with Crippen LogP contribution in [0, 0.1) is 6.92 Å². The summed E-state index contributed by atoms with van der Waals surface area (Å²) >= 11 is 0. The standard InChI is InChI=1S/C23H24N6O2/c1-3-27-14-18(20(30)17-8-7-15(2)24-22(17)27)23(31)28-12-9-16(10-13-28)21-26-25-19-6-4-5-11-29(19)21/h4-8,11,14,16H,3,9-10,12-13H2,1-2H3. The molecule has 1 aliphatic rings. The Kier molecular flexibility index (Phi) is 4.77. The Morgan fingerprint density at radius 2 is 1.94 bits per heavy atom. The molecule has 0 atom stereocenters. The van der Waals surface area contributed by atoms with Gasteiger partial charge in [-0.3, -0.25) is 14.0 Å². The highest BCUT2D eigenvalue weighted by atomic mass is 16.2. The Balaban J connectivity index is 1.40. The van der Waals surface area contributed by atoms with Crippen LogP contribution in [-0.2, 0) is 6.54 Å². The number of carbonyl (C=O) groups excluding carboxylic acids is 1. The Morgan fingerprint density at radius 1 is 1.13 bits per heavy atom. The van der Waals surface area contributed by atoms with E-state index in [-0.39, 0.29) is 22.8 Å². The monoisotopic (exact) mass is 416 g/mol. The number of nitrogens with zero attached hydrogens (tertiary/aromatic N) is 6. The number of piperidine rings is 1. The number of fused-ring (bicyclic) bond motifs is 2. The number of likely N-dealkylation sites (tertiary alicyclic amines) is 1. The van der Waals surface area contributed by atoms with Crippen LogP contribution in [0.5, 0.6) is 0 Å². The van der Waals surface area contributed by atoms with Crippen molar-refractivity contribution >= 4 is 22.6 Å². The first-order valence-corrected chi connectivity index (χ1v) is 10.7. The van der Waals surface area contributed by atoms with Crippen LogP contribution in [0.25, 0.3) is 16.7 Å². The highest BCUT2D eigenvalue weighted by molar-refractivity contribution is 5.97. The SMILES string of the molecule is CCn1cc(C(=O)N2CCC(c3nnc4ccccn34)CC2)c(=O)c2ccc(C)nc21. The molecule has 0 spiro atoms. The summed E-state index contributed by atoms with van der Waals surface area (Å²) in [5.74, 6) is 0.958. The maximum atomic E-state index is 13.3. The molecule has 31 heavy (non-hydrogen) atoms. The number of aryl methyl sites for hydroxylation is 2. The lowest BCUT2D eigenvalue weighted by Crippen LogP contribution is -2.40.